The first kappa shape index (κ1) is 17.8. The predicted molar refractivity (Wildman–Crippen MR) is 96.8 cm³/mol. The summed E-state index contributed by atoms with van der Waals surface area (Å²) in [5.74, 6) is 0.0753. The molecule has 1 amide bonds. The summed E-state index contributed by atoms with van der Waals surface area (Å²) in [7, 11) is 0. The maximum Gasteiger partial charge on any atom is 0.262 e. The lowest BCUT2D eigenvalue weighted by Crippen LogP contribution is -2.20. The van der Waals surface area contributed by atoms with Crippen LogP contribution in [0.25, 0.3) is 0 Å². The Kier molecular flexibility index (Phi) is 6.44. The lowest BCUT2D eigenvalue weighted by Gasteiger charge is -2.12. The molecular weight excluding hydrogens is 451 g/mol. The largest absolute Gasteiger partial charge is 0.482 e. The summed E-state index contributed by atoms with van der Waals surface area (Å²) in [6.07, 6.45) is 1.22. The normalized spacial score (nSPS) is 10.7. The van der Waals surface area contributed by atoms with Crippen LogP contribution >= 0.6 is 43.5 Å². The molecule has 0 aliphatic rings. The molecule has 0 bridgehead atoms. The van der Waals surface area contributed by atoms with Crippen LogP contribution in [0.5, 0.6) is 5.75 Å². The van der Waals surface area contributed by atoms with Crippen molar-refractivity contribution < 1.29 is 14.7 Å². The average molecular weight is 463 g/mol. The molecule has 2 aromatic rings. The summed E-state index contributed by atoms with van der Waals surface area (Å²) in [4.78, 5) is 11.9. The summed E-state index contributed by atoms with van der Waals surface area (Å²) in [5, 5.41) is 15.0. The number of nitrogens with zero attached hydrogens (tertiary/aromatic N) is 1. The second-order valence-corrected chi connectivity index (χ2v) is 6.60. The maximum atomic E-state index is 11.9. The molecule has 5 nitrogen and oxygen atoms in total. The fraction of sp³-hybridized carbons (Fsp3) is 0.0667. The van der Waals surface area contributed by atoms with Gasteiger partial charge in [-0.05, 0) is 52.3 Å². The van der Waals surface area contributed by atoms with Gasteiger partial charge in [-0.25, -0.2) is 0 Å². The Morgan fingerprint density at radius 2 is 2.00 bits per heavy atom. The van der Waals surface area contributed by atoms with Crippen LogP contribution in [0.15, 0.2) is 50.5 Å². The second-order valence-electron chi connectivity index (χ2n) is 4.39. The highest BCUT2D eigenvalue weighted by atomic mass is 79.9. The lowest BCUT2D eigenvalue weighted by atomic mass is 10.2. The summed E-state index contributed by atoms with van der Waals surface area (Å²) in [6, 6.07) is 10.2. The van der Waals surface area contributed by atoms with E-state index in [-0.39, 0.29) is 12.5 Å². The minimum Gasteiger partial charge on any atom is -0.482 e. The van der Waals surface area contributed by atoms with Gasteiger partial charge in [0.15, 0.2) is 6.61 Å². The molecule has 0 fully saturated rings. The molecule has 8 heteroatoms. The SMILES string of the molecule is O=C(COc1c(Br)cc(Br)cc1/C=N/O)Nc1ccc(Cl)cc1. The molecule has 0 saturated heterocycles. The molecule has 0 aliphatic carbocycles. The topological polar surface area (TPSA) is 70.9 Å². The minimum absolute atomic E-state index is 0.199. The van der Waals surface area contributed by atoms with Gasteiger partial charge < -0.3 is 15.3 Å². The summed E-state index contributed by atoms with van der Waals surface area (Å²) in [5.41, 5.74) is 1.14. The number of nitrogens with one attached hydrogen (secondary N) is 1. The molecule has 2 rings (SSSR count). The second kappa shape index (κ2) is 8.33. The van der Waals surface area contributed by atoms with E-state index in [1.54, 1.807) is 36.4 Å². The highest BCUT2D eigenvalue weighted by molar-refractivity contribution is 9.11. The standard InChI is InChI=1S/C15H11Br2ClN2O3/c16-10-5-9(7-19-22)15(13(17)6-10)23-8-14(21)20-12-3-1-11(18)2-4-12/h1-7,22H,8H2,(H,20,21)/b19-7+. The van der Waals surface area contributed by atoms with Crippen molar-refractivity contribution in [3.63, 3.8) is 0 Å². The Morgan fingerprint density at radius 3 is 2.65 bits per heavy atom. The molecule has 120 valence electrons. The number of hydrogen-bond acceptors (Lipinski definition) is 4. The van der Waals surface area contributed by atoms with E-state index in [1.807, 2.05) is 0 Å². The van der Waals surface area contributed by atoms with Gasteiger partial charge >= 0.3 is 0 Å². The third-order valence-corrected chi connectivity index (χ3v) is 4.01. The molecule has 2 aromatic carbocycles. The van der Waals surface area contributed by atoms with Crippen LogP contribution in [0.4, 0.5) is 5.69 Å². The van der Waals surface area contributed by atoms with E-state index in [2.05, 4.69) is 42.3 Å². The first-order valence-corrected chi connectivity index (χ1v) is 8.30. The zero-order chi connectivity index (χ0) is 16.8. The van der Waals surface area contributed by atoms with Gasteiger partial charge in [0.05, 0.1) is 10.7 Å². The smallest absolute Gasteiger partial charge is 0.262 e. The van der Waals surface area contributed by atoms with Crippen LogP contribution < -0.4 is 10.1 Å². The summed E-state index contributed by atoms with van der Waals surface area (Å²) < 4.78 is 6.93. The Morgan fingerprint density at radius 1 is 1.30 bits per heavy atom. The fourth-order valence-corrected chi connectivity index (χ4v) is 3.26. The molecule has 0 radical (unpaired) electrons. The van der Waals surface area contributed by atoms with Crippen molar-refractivity contribution in [2.75, 3.05) is 11.9 Å². The molecule has 0 atom stereocenters. The summed E-state index contributed by atoms with van der Waals surface area (Å²) >= 11 is 12.5. The van der Waals surface area contributed by atoms with Gasteiger partial charge in [0.1, 0.15) is 5.75 Å². The van der Waals surface area contributed by atoms with E-state index in [0.29, 0.717) is 26.5 Å². The maximum absolute atomic E-state index is 11.9. The number of oxime groups is 1. The Bertz CT molecular complexity index is 736. The van der Waals surface area contributed by atoms with Crippen molar-refractivity contribution in [1.82, 2.24) is 0 Å². The highest BCUT2D eigenvalue weighted by Gasteiger charge is 2.11. The van der Waals surface area contributed by atoms with E-state index in [1.165, 1.54) is 6.21 Å². The van der Waals surface area contributed by atoms with Crippen molar-refractivity contribution in [2.24, 2.45) is 5.16 Å². The first-order valence-electron chi connectivity index (χ1n) is 6.34. The molecule has 23 heavy (non-hydrogen) atoms. The van der Waals surface area contributed by atoms with E-state index >= 15 is 0 Å². The van der Waals surface area contributed by atoms with Crippen LogP contribution in [0.3, 0.4) is 0 Å². The number of anilines is 1. The summed E-state index contributed by atoms with van der Waals surface area (Å²) in [6.45, 7) is -0.199. The third-order valence-electron chi connectivity index (χ3n) is 2.71. The number of amides is 1. The molecule has 0 aliphatic heterocycles. The zero-order valence-electron chi connectivity index (χ0n) is 11.6. The number of benzene rings is 2. The number of hydrogen-bond donors (Lipinski definition) is 2. The predicted octanol–water partition coefficient (Wildman–Crippen LogP) is 4.69. The van der Waals surface area contributed by atoms with Gasteiger partial charge in [-0.15, -0.1) is 0 Å². The average Bonchev–Trinajstić information content (AvgIpc) is 2.49. The fourth-order valence-electron chi connectivity index (χ4n) is 1.76. The third kappa shape index (κ3) is 5.23. The van der Waals surface area contributed by atoms with Crippen molar-refractivity contribution in [3.8, 4) is 5.75 Å². The minimum atomic E-state index is -0.325. The van der Waals surface area contributed by atoms with Gasteiger partial charge in [0.2, 0.25) is 0 Å². The number of halogens is 3. The molecule has 0 unspecified atom stereocenters. The number of rotatable bonds is 5. The van der Waals surface area contributed by atoms with Crippen LogP contribution in [-0.4, -0.2) is 23.9 Å². The molecule has 0 spiro atoms. The molecular formula is C15H11Br2ClN2O3. The van der Waals surface area contributed by atoms with Gasteiger partial charge in [-0.1, -0.05) is 32.7 Å². The zero-order valence-corrected chi connectivity index (χ0v) is 15.5. The van der Waals surface area contributed by atoms with E-state index in [4.69, 9.17) is 21.5 Å². The molecule has 0 heterocycles. The van der Waals surface area contributed by atoms with Gasteiger partial charge in [0, 0.05) is 20.7 Å². The van der Waals surface area contributed by atoms with Gasteiger partial charge in [-0.3, -0.25) is 4.79 Å². The van der Waals surface area contributed by atoms with Crippen molar-refractivity contribution in [2.45, 2.75) is 0 Å². The van der Waals surface area contributed by atoms with Crippen LogP contribution in [0.2, 0.25) is 5.02 Å². The van der Waals surface area contributed by atoms with Crippen LogP contribution in [-0.2, 0) is 4.79 Å². The first-order chi connectivity index (χ1) is 11.0. The Hall–Kier alpha value is -1.57. The van der Waals surface area contributed by atoms with Gasteiger partial charge in [0.25, 0.3) is 5.91 Å². The number of carbonyl (C=O) groups excluding carboxylic acids is 1. The molecule has 2 N–H and O–H groups in total. The van der Waals surface area contributed by atoms with Crippen molar-refractivity contribution >= 4 is 61.3 Å². The van der Waals surface area contributed by atoms with E-state index in [0.717, 1.165) is 4.47 Å². The molecule has 0 saturated carbocycles. The highest BCUT2D eigenvalue weighted by Crippen LogP contribution is 2.32. The number of ether oxygens (including phenoxy) is 1. The van der Waals surface area contributed by atoms with Crippen molar-refractivity contribution in [3.05, 3.63) is 55.9 Å². The lowest BCUT2D eigenvalue weighted by molar-refractivity contribution is -0.118. The Balaban J connectivity index is 2.05. The van der Waals surface area contributed by atoms with Crippen LogP contribution in [0.1, 0.15) is 5.56 Å². The molecule has 0 aromatic heterocycles. The van der Waals surface area contributed by atoms with Crippen molar-refractivity contribution in [1.29, 1.82) is 0 Å². The quantitative estimate of drug-likeness (QED) is 0.385. The van der Waals surface area contributed by atoms with E-state index < -0.39 is 0 Å². The monoisotopic (exact) mass is 460 g/mol. The number of carbonyl (C=O) groups is 1. The Labute approximate surface area is 154 Å². The van der Waals surface area contributed by atoms with E-state index in [9.17, 15) is 4.79 Å². The van der Waals surface area contributed by atoms with Gasteiger partial charge in [-0.2, -0.15) is 0 Å². The van der Waals surface area contributed by atoms with Crippen LogP contribution in [0, 0.1) is 0 Å².